The zero-order valence-corrected chi connectivity index (χ0v) is 21.5. The predicted octanol–water partition coefficient (Wildman–Crippen LogP) is 4.99. The van der Waals surface area contributed by atoms with E-state index in [-0.39, 0.29) is 23.5 Å². The Morgan fingerprint density at radius 3 is 2.56 bits per heavy atom. The number of carbonyl (C=O) groups excluding carboxylic acids is 2. The van der Waals surface area contributed by atoms with Gasteiger partial charge in [0.15, 0.2) is 11.0 Å². The van der Waals surface area contributed by atoms with Gasteiger partial charge in [-0.05, 0) is 36.2 Å². The van der Waals surface area contributed by atoms with Crippen molar-refractivity contribution < 1.29 is 14.3 Å². The SMILES string of the molecule is COc1cccc(NC(=O)CSc2nnc([C@@H](NC(=O)c3ccc(Cl)c(Cl)c3)C(C)C)n2C)c1. The maximum Gasteiger partial charge on any atom is 0.251 e. The third-order valence-electron chi connectivity index (χ3n) is 4.97. The first kappa shape index (κ1) is 25.9. The first-order chi connectivity index (χ1) is 16.2. The maximum atomic E-state index is 12.8. The van der Waals surface area contributed by atoms with Gasteiger partial charge in [-0.15, -0.1) is 10.2 Å². The van der Waals surface area contributed by atoms with Crippen LogP contribution in [0.1, 0.15) is 36.1 Å². The molecule has 0 saturated carbocycles. The van der Waals surface area contributed by atoms with E-state index in [0.717, 1.165) is 0 Å². The first-order valence-corrected chi connectivity index (χ1v) is 12.2. The molecule has 0 fully saturated rings. The molecule has 1 atom stereocenters. The van der Waals surface area contributed by atoms with Gasteiger partial charge >= 0.3 is 0 Å². The van der Waals surface area contributed by atoms with Crippen molar-refractivity contribution in [3.8, 4) is 5.75 Å². The lowest BCUT2D eigenvalue weighted by atomic mass is 10.0. The lowest BCUT2D eigenvalue weighted by Crippen LogP contribution is -2.33. The van der Waals surface area contributed by atoms with E-state index in [9.17, 15) is 9.59 Å². The summed E-state index contributed by atoms with van der Waals surface area (Å²) in [6, 6.07) is 11.4. The van der Waals surface area contributed by atoms with Crippen LogP contribution in [0.25, 0.3) is 0 Å². The van der Waals surface area contributed by atoms with E-state index in [1.54, 1.807) is 55.1 Å². The number of aromatic nitrogens is 3. The van der Waals surface area contributed by atoms with Gasteiger partial charge in [-0.25, -0.2) is 0 Å². The summed E-state index contributed by atoms with van der Waals surface area (Å²) in [4.78, 5) is 25.2. The van der Waals surface area contributed by atoms with Gasteiger partial charge in [-0.3, -0.25) is 9.59 Å². The number of rotatable bonds is 9. The highest BCUT2D eigenvalue weighted by atomic mass is 35.5. The molecule has 0 aliphatic carbocycles. The summed E-state index contributed by atoms with van der Waals surface area (Å²) in [6.07, 6.45) is 0. The number of nitrogens with one attached hydrogen (secondary N) is 2. The number of hydrogen-bond donors (Lipinski definition) is 2. The number of thioether (sulfide) groups is 1. The zero-order chi connectivity index (χ0) is 24.8. The molecule has 0 aliphatic rings. The van der Waals surface area contributed by atoms with Gasteiger partial charge in [0, 0.05) is 24.4 Å². The van der Waals surface area contributed by atoms with Gasteiger partial charge in [-0.2, -0.15) is 0 Å². The molecule has 0 aliphatic heterocycles. The van der Waals surface area contributed by atoms with Crippen molar-refractivity contribution in [2.75, 3.05) is 18.2 Å². The summed E-state index contributed by atoms with van der Waals surface area (Å²) in [5.41, 5.74) is 1.04. The molecule has 2 amide bonds. The van der Waals surface area contributed by atoms with E-state index in [4.69, 9.17) is 27.9 Å². The van der Waals surface area contributed by atoms with E-state index in [0.29, 0.717) is 38.0 Å². The molecule has 0 bridgehead atoms. The lowest BCUT2D eigenvalue weighted by Gasteiger charge is -2.22. The average Bonchev–Trinajstić information content (AvgIpc) is 3.17. The number of benzene rings is 2. The summed E-state index contributed by atoms with van der Waals surface area (Å²) in [6.45, 7) is 3.95. The quantitative estimate of drug-likeness (QED) is 0.385. The number of anilines is 1. The van der Waals surface area contributed by atoms with E-state index >= 15 is 0 Å². The standard InChI is InChI=1S/C23H25Cl2N5O3S/c1-13(2)20(27-22(32)14-8-9-17(24)18(25)10-14)21-28-29-23(30(21)3)34-12-19(31)26-15-6-5-7-16(11-15)33-4/h5-11,13,20H,12H2,1-4H3,(H,26,31)(H,27,32)/t20-/m0/s1. The molecule has 2 N–H and O–H groups in total. The van der Waals surface area contributed by atoms with Crippen LogP contribution in [0.3, 0.4) is 0 Å². The minimum absolute atomic E-state index is 0.0313. The van der Waals surface area contributed by atoms with Crippen LogP contribution in [-0.4, -0.2) is 39.4 Å². The summed E-state index contributed by atoms with van der Waals surface area (Å²) < 4.78 is 6.95. The average molecular weight is 522 g/mol. The van der Waals surface area contributed by atoms with Crippen molar-refractivity contribution in [1.82, 2.24) is 20.1 Å². The van der Waals surface area contributed by atoms with Gasteiger partial charge in [0.25, 0.3) is 5.91 Å². The number of ether oxygens (including phenoxy) is 1. The second kappa shape index (κ2) is 11.6. The van der Waals surface area contributed by atoms with Crippen LogP contribution in [0.4, 0.5) is 5.69 Å². The monoisotopic (exact) mass is 521 g/mol. The summed E-state index contributed by atoms with van der Waals surface area (Å²) in [5, 5.41) is 15.6. The number of nitrogens with zero attached hydrogens (tertiary/aromatic N) is 3. The Balaban J connectivity index is 1.67. The molecular weight excluding hydrogens is 497 g/mol. The minimum atomic E-state index is -0.403. The van der Waals surface area contributed by atoms with Crippen LogP contribution in [0, 0.1) is 5.92 Å². The largest absolute Gasteiger partial charge is 0.497 e. The Labute approximate surface area is 212 Å². The third kappa shape index (κ3) is 6.43. The summed E-state index contributed by atoms with van der Waals surface area (Å²) in [7, 11) is 3.37. The van der Waals surface area contributed by atoms with Crippen LogP contribution in [0.5, 0.6) is 5.75 Å². The van der Waals surface area contributed by atoms with Crippen molar-refractivity contribution >= 4 is 52.5 Å². The third-order valence-corrected chi connectivity index (χ3v) is 6.73. The maximum absolute atomic E-state index is 12.8. The highest BCUT2D eigenvalue weighted by Gasteiger charge is 2.25. The van der Waals surface area contributed by atoms with Crippen molar-refractivity contribution in [2.24, 2.45) is 13.0 Å². The van der Waals surface area contributed by atoms with Gasteiger partial charge < -0.3 is 19.9 Å². The number of amides is 2. The molecule has 8 nitrogen and oxygen atoms in total. The fraction of sp³-hybridized carbons (Fsp3) is 0.304. The second-order valence-electron chi connectivity index (χ2n) is 7.79. The Kier molecular flexibility index (Phi) is 8.82. The van der Waals surface area contributed by atoms with E-state index in [2.05, 4.69) is 20.8 Å². The van der Waals surface area contributed by atoms with Gasteiger partial charge in [0.05, 0.1) is 28.9 Å². The fourth-order valence-corrected chi connectivity index (χ4v) is 4.16. The lowest BCUT2D eigenvalue weighted by molar-refractivity contribution is -0.113. The van der Waals surface area contributed by atoms with E-state index < -0.39 is 6.04 Å². The summed E-state index contributed by atoms with van der Waals surface area (Å²) >= 11 is 13.3. The molecule has 0 saturated heterocycles. The molecule has 11 heteroatoms. The van der Waals surface area contributed by atoms with Gasteiger partial charge in [-0.1, -0.05) is 54.9 Å². The van der Waals surface area contributed by atoms with Crippen LogP contribution in [0.15, 0.2) is 47.6 Å². The Morgan fingerprint density at radius 2 is 1.88 bits per heavy atom. The Morgan fingerprint density at radius 1 is 1.12 bits per heavy atom. The first-order valence-electron chi connectivity index (χ1n) is 10.4. The molecule has 34 heavy (non-hydrogen) atoms. The topological polar surface area (TPSA) is 98.1 Å². The molecule has 0 radical (unpaired) electrons. The van der Waals surface area contributed by atoms with Crippen molar-refractivity contribution in [1.29, 1.82) is 0 Å². The predicted molar refractivity (Wildman–Crippen MR) is 135 cm³/mol. The van der Waals surface area contributed by atoms with Gasteiger partial charge in [0.2, 0.25) is 5.91 Å². The molecule has 3 aromatic rings. The van der Waals surface area contributed by atoms with Crippen molar-refractivity contribution in [3.05, 3.63) is 63.9 Å². The highest BCUT2D eigenvalue weighted by Crippen LogP contribution is 2.26. The molecule has 1 aromatic heterocycles. The van der Waals surface area contributed by atoms with Crippen LogP contribution < -0.4 is 15.4 Å². The number of halogens is 2. The molecule has 2 aromatic carbocycles. The molecule has 180 valence electrons. The molecule has 3 rings (SSSR count). The second-order valence-corrected chi connectivity index (χ2v) is 9.55. The van der Waals surface area contributed by atoms with Crippen LogP contribution >= 0.6 is 35.0 Å². The van der Waals surface area contributed by atoms with Crippen molar-refractivity contribution in [2.45, 2.75) is 25.0 Å². The van der Waals surface area contributed by atoms with E-state index in [1.165, 1.54) is 17.8 Å². The van der Waals surface area contributed by atoms with Crippen LogP contribution in [0.2, 0.25) is 10.0 Å². The van der Waals surface area contributed by atoms with Gasteiger partial charge in [0.1, 0.15) is 5.75 Å². The zero-order valence-electron chi connectivity index (χ0n) is 19.1. The molecular formula is C23H25Cl2N5O3S. The van der Waals surface area contributed by atoms with Crippen molar-refractivity contribution in [3.63, 3.8) is 0 Å². The summed E-state index contributed by atoms with van der Waals surface area (Å²) in [5.74, 6) is 0.933. The van der Waals surface area contributed by atoms with E-state index in [1.807, 2.05) is 13.8 Å². The Bertz CT molecular complexity index is 1190. The minimum Gasteiger partial charge on any atom is -0.497 e. The number of hydrogen-bond acceptors (Lipinski definition) is 6. The fourth-order valence-electron chi connectivity index (χ4n) is 3.14. The molecule has 0 spiro atoms. The number of carbonyl (C=O) groups is 2. The number of methoxy groups -OCH3 is 1. The Hall–Kier alpha value is -2.75. The molecule has 1 heterocycles. The molecule has 0 unspecified atom stereocenters. The highest BCUT2D eigenvalue weighted by molar-refractivity contribution is 7.99. The smallest absolute Gasteiger partial charge is 0.251 e. The van der Waals surface area contributed by atoms with Crippen LogP contribution in [-0.2, 0) is 11.8 Å². The normalized spacial score (nSPS) is 11.9.